The molecule has 30 heavy (non-hydrogen) atoms. The summed E-state index contributed by atoms with van der Waals surface area (Å²) in [5.41, 5.74) is 1.52. The minimum absolute atomic E-state index is 0.232. The zero-order valence-electron chi connectivity index (χ0n) is 17.3. The molecule has 0 aliphatic heterocycles. The molecule has 0 aliphatic carbocycles. The van der Waals surface area contributed by atoms with Crippen LogP contribution in [0.3, 0.4) is 0 Å². The fourth-order valence-corrected chi connectivity index (χ4v) is 3.51. The second-order valence-electron chi connectivity index (χ2n) is 6.27. The van der Waals surface area contributed by atoms with Crippen LogP contribution in [0.5, 0.6) is 17.2 Å². The van der Waals surface area contributed by atoms with Crippen molar-refractivity contribution in [3.05, 3.63) is 59.4 Å². The zero-order chi connectivity index (χ0) is 21.5. The van der Waals surface area contributed by atoms with Gasteiger partial charge in [-0.05, 0) is 24.0 Å². The maximum Gasteiger partial charge on any atom is 0.251 e. The summed E-state index contributed by atoms with van der Waals surface area (Å²) in [6.45, 7) is 0.856. The van der Waals surface area contributed by atoms with Crippen LogP contribution in [0.2, 0.25) is 0 Å². The highest BCUT2D eigenvalue weighted by Crippen LogP contribution is 2.38. The average Bonchev–Trinajstić information content (AvgIpc) is 3.18. The van der Waals surface area contributed by atoms with E-state index in [4.69, 9.17) is 14.2 Å². The molecule has 3 rings (SSSR count). The fraction of sp³-hybridized carbons (Fsp3) is 0.286. The van der Waals surface area contributed by atoms with Gasteiger partial charge in [0.25, 0.3) is 5.91 Å². The number of aromatic nitrogens is 3. The summed E-state index contributed by atoms with van der Waals surface area (Å²) in [6.07, 6.45) is 1.95. The van der Waals surface area contributed by atoms with Crippen molar-refractivity contribution in [2.45, 2.75) is 18.2 Å². The van der Waals surface area contributed by atoms with Crippen LogP contribution in [-0.4, -0.2) is 48.3 Å². The predicted molar refractivity (Wildman–Crippen MR) is 115 cm³/mol. The molecule has 0 radical (unpaired) electrons. The third-order valence-corrected chi connectivity index (χ3v) is 5.16. The Morgan fingerprint density at radius 3 is 2.27 bits per heavy atom. The van der Waals surface area contributed by atoms with Gasteiger partial charge in [-0.3, -0.25) is 4.79 Å². The number of carbonyl (C=O) groups excluding carboxylic acids is 1. The first kappa shape index (κ1) is 21.5. The van der Waals surface area contributed by atoms with E-state index in [2.05, 4.69) is 15.5 Å². The molecular weight excluding hydrogens is 404 g/mol. The van der Waals surface area contributed by atoms with Gasteiger partial charge in [-0.15, -0.1) is 10.2 Å². The quantitative estimate of drug-likeness (QED) is 0.524. The Bertz CT molecular complexity index is 982. The minimum atomic E-state index is -0.283. The van der Waals surface area contributed by atoms with Gasteiger partial charge >= 0.3 is 0 Å². The molecule has 0 saturated carbocycles. The third-order valence-electron chi connectivity index (χ3n) is 4.49. The molecule has 0 bridgehead atoms. The van der Waals surface area contributed by atoms with Crippen molar-refractivity contribution in [2.24, 2.45) is 0 Å². The topological polar surface area (TPSA) is 87.5 Å². The number of rotatable bonds is 9. The van der Waals surface area contributed by atoms with Crippen LogP contribution in [0.15, 0.2) is 47.6 Å². The second kappa shape index (κ2) is 10.0. The summed E-state index contributed by atoms with van der Waals surface area (Å²) in [5.74, 6) is 1.65. The van der Waals surface area contributed by atoms with Crippen LogP contribution >= 0.6 is 11.8 Å². The molecule has 0 unspecified atom stereocenters. The van der Waals surface area contributed by atoms with E-state index >= 15 is 0 Å². The lowest BCUT2D eigenvalue weighted by Gasteiger charge is -2.14. The van der Waals surface area contributed by atoms with Crippen LogP contribution in [0.25, 0.3) is 0 Å². The lowest BCUT2D eigenvalue weighted by Crippen LogP contribution is -2.25. The van der Waals surface area contributed by atoms with E-state index < -0.39 is 0 Å². The molecule has 8 nitrogen and oxygen atoms in total. The number of benzene rings is 2. The molecule has 9 heteroatoms. The first-order chi connectivity index (χ1) is 14.6. The SMILES string of the molecule is COc1cc(C(=O)NCc2nnc(SC)n2Cc2ccccc2)cc(OC)c1OC. The number of methoxy groups -OCH3 is 3. The van der Waals surface area contributed by atoms with E-state index in [1.807, 2.05) is 41.2 Å². The van der Waals surface area contributed by atoms with Gasteiger partial charge in [-0.25, -0.2) is 0 Å². The van der Waals surface area contributed by atoms with Crippen molar-refractivity contribution in [3.63, 3.8) is 0 Å². The number of carbonyl (C=O) groups is 1. The highest BCUT2D eigenvalue weighted by atomic mass is 32.2. The van der Waals surface area contributed by atoms with E-state index in [1.54, 1.807) is 12.1 Å². The molecule has 3 aromatic rings. The molecule has 0 saturated heterocycles. The number of nitrogens with one attached hydrogen (secondary N) is 1. The lowest BCUT2D eigenvalue weighted by atomic mass is 10.1. The van der Waals surface area contributed by atoms with Gasteiger partial charge in [0.05, 0.1) is 34.4 Å². The summed E-state index contributed by atoms with van der Waals surface area (Å²) in [6, 6.07) is 13.3. The van der Waals surface area contributed by atoms with Crippen LogP contribution in [0.4, 0.5) is 0 Å². The smallest absolute Gasteiger partial charge is 0.251 e. The van der Waals surface area contributed by atoms with Crippen LogP contribution in [0, 0.1) is 0 Å². The Labute approximate surface area is 179 Å². The summed E-state index contributed by atoms with van der Waals surface area (Å²) in [7, 11) is 4.53. The third kappa shape index (κ3) is 4.68. The second-order valence-corrected chi connectivity index (χ2v) is 7.04. The highest BCUT2D eigenvalue weighted by molar-refractivity contribution is 7.98. The van der Waals surface area contributed by atoms with Crippen molar-refractivity contribution in [1.82, 2.24) is 20.1 Å². The molecular formula is C21H24N4O4S. The van der Waals surface area contributed by atoms with Crippen LogP contribution in [-0.2, 0) is 13.1 Å². The van der Waals surface area contributed by atoms with Crippen molar-refractivity contribution in [2.75, 3.05) is 27.6 Å². The van der Waals surface area contributed by atoms with E-state index in [9.17, 15) is 4.79 Å². The average molecular weight is 429 g/mol. The van der Waals surface area contributed by atoms with Crippen LogP contribution < -0.4 is 19.5 Å². The van der Waals surface area contributed by atoms with Crippen molar-refractivity contribution in [3.8, 4) is 17.2 Å². The van der Waals surface area contributed by atoms with Gasteiger partial charge in [0.2, 0.25) is 5.75 Å². The van der Waals surface area contributed by atoms with Gasteiger partial charge in [0.1, 0.15) is 0 Å². The van der Waals surface area contributed by atoms with E-state index in [-0.39, 0.29) is 12.5 Å². The van der Waals surface area contributed by atoms with Gasteiger partial charge in [-0.1, -0.05) is 42.1 Å². The van der Waals surface area contributed by atoms with E-state index in [1.165, 1.54) is 33.1 Å². The Balaban J connectivity index is 1.79. The van der Waals surface area contributed by atoms with Gasteiger partial charge in [0, 0.05) is 5.56 Å². The maximum absolute atomic E-state index is 12.8. The number of ether oxygens (including phenoxy) is 3. The zero-order valence-corrected chi connectivity index (χ0v) is 18.2. The summed E-state index contributed by atoms with van der Waals surface area (Å²) >= 11 is 1.51. The maximum atomic E-state index is 12.8. The molecule has 2 aromatic carbocycles. The first-order valence-corrected chi connectivity index (χ1v) is 10.4. The van der Waals surface area contributed by atoms with Crippen LogP contribution in [0.1, 0.15) is 21.7 Å². The number of hydrogen-bond donors (Lipinski definition) is 1. The van der Waals surface area contributed by atoms with Crippen molar-refractivity contribution in [1.29, 1.82) is 0 Å². The number of amides is 1. The molecule has 0 spiro atoms. The summed E-state index contributed by atoms with van der Waals surface area (Å²) < 4.78 is 17.9. The summed E-state index contributed by atoms with van der Waals surface area (Å²) in [5, 5.41) is 12.2. The normalized spacial score (nSPS) is 10.5. The number of nitrogens with zero attached hydrogens (tertiary/aromatic N) is 3. The fourth-order valence-electron chi connectivity index (χ4n) is 3.00. The number of hydrogen-bond acceptors (Lipinski definition) is 7. The molecule has 1 amide bonds. The summed E-state index contributed by atoms with van der Waals surface area (Å²) in [4.78, 5) is 12.8. The Morgan fingerprint density at radius 2 is 1.70 bits per heavy atom. The highest BCUT2D eigenvalue weighted by Gasteiger charge is 2.18. The molecule has 158 valence electrons. The van der Waals surface area contributed by atoms with Gasteiger partial charge < -0.3 is 24.1 Å². The van der Waals surface area contributed by atoms with E-state index in [0.717, 1.165) is 10.7 Å². The molecule has 1 aromatic heterocycles. The molecule has 1 N–H and O–H groups in total. The molecule has 0 fully saturated rings. The standard InChI is InChI=1S/C21H24N4O4S/c1-27-16-10-15(11-17(28-2)19(16)29-3)20(26)22-12-18-23-24-21(30-4)25(18)13-14-8-6-5-7-9-14/h5-11H,12-13H2,1-4H3,(H,22,26). The molecule has 0 atom stereocenters. The molecule has 1 heterocycles. The van der Waals surface area contributed by atoms with Crippen molar-refractivity contribution >= 4 is 17.7 Å². The van der Waals surface area contributed by atoms with Crippen molar-refractivity contribution < 1.29 is 19.0 Å². The van der Waals surface area contributed by atoms with Gasteiger partial charge in [-0.2, -0.15) is 0 Å². The Morgan fingerprint density at radius 1 is 1.03 bits per heavy atom. The molecule has 0 aliphatic rings. The lowest BCUT2D eigenvalue weighted by molar-refractivity contribution is 0.0948. The number of thioether (sulfide) groups is 1. The Kier molecular flexibility index (Phi) is 7.18. The monoisotopic (exact) mass is 428 g/mol. The first-order valence-electron chi connectivity index (χ1n) is 9.19. The predicted octanol–water partition coefficient (Wildman–Crippen LogP) is 3.00. The minimum Gasteiger partial charge on any atom is -0.493 e. The largest absolute Gasteiger partial charge is 0.493 e. The Hall–Kier alpha value is -3.20. The van der Waals surface area contributed by atoms with Gasteiger partial charge in [0.15, 0.2) is 22.5 Å². The van der Waals surface area contributed by atoms with E-state index in [0.29, 0.717) is 35.2 Å².